The second-order valence-corrected chi connectivity index (χ2v) is 6.64. The fourth-order valence-electron chi connectivity index (χ4n) is 4.17. The van der Waals surface area contributed by atoms with Crippen LogP contribution in [0.2, 0.25) is 0 Å². The average molecular weight is 266 g/mol. The van der Waals surface area contributed by atoms with Gasteiger partial charge in [0.05, 0.1) is 12.0 Å². The lowest BCUT2D eigenvalue weighted by Crippen LogP contribution is -2.55. The first kappa shape index (κ1) is 13.1. The third kappa shape index (κ3) is 2.31. The maximum Gasteiger partial charge on any atom is 0.310 e. The van der Waals surface area contributed by atoms with Gasteiger partial charge < -0.3 is 9.47 Å². The Labute approximate surface area is 113 Å². The number of carbonyl (C=O) groups excluding carboxylic acids is 2. The Hall–Kier alpha value is -0.900. The topological polar surface area (TPSA) is 52.6 Å². The fourth-order valence-corrected chi connectivity index (χ4v) is 4.17. The first-order valence-corrected chi connectivity index (χ1v) is 7.38. The van der Waals surface area contributed by atoms with Crippen molar-refractivity contribution >= 4 is 11.8 Å². The summed E-state index contributed by atoms with van der Waals surface area (Å²) in [7, 11) is 0. The molecule has 0 amide bonds. The van der Waals surface area contributed by atoms with Crippen LogP contribution in [0, 0.1) is 29.6 Å². The number of hydrogen-bond acceptors (Lipinski definition) is 4. The van der Waals surface area contributed by atoms with E-state index in [-0.39, 0.29) is 30.7 Å². The zero-order chi connectivity index (χ0) is 13.6. The van der Waals surface area contributed by atoms with E-state index in [2.05, 4.69) is 0 Å². The number of rotatable bonds is 4. The molecule has 0 saturated heterocycles. The van der Waals surface area contributed by atoms with Gasteiger partial charge in [-0.1, -0.05) is 13.8 Å². The predicted molar refractivity (Wildman–Crippen MR) is 68.1 cm³/mol. The van der Waals surface area contributed by atoms with E-state index in [4.69, 9.17) is 9.47 Å². The van der Waals surface area contributed by atoms with Crippen LogP contribution in [0.4, 0.5) is 0 Å². The van der Waals surface area contributed by atoms with E-state index in [1.807, 2.05) is 0 Å². The molecule has 4 aliphatic carbocycles. The smallest absolute Gasteiger partial charge is 0.310 e. The van der Waals surface area contributed by atoms with Crippen LogP contribution in [-0.4, -0.2) is 24.6 Å². The van der Waals surface area contributed by atoms with E-state index in [1.54, 1.807) is 13.8 Å². The van der Waals surface area contributed by atoms with Gasteiger partial charge in [-0.25, -0.2) is 0 Å². The van der Waals surface area contributed by atoms with Crippen molar-refractivity contribution in [1.29, 1.82) is 0 Å². The van der Waals surface area contributed by atoms with Gasteiger partial charge in [0.2, 0.25) is 0 Å². The summed E-state index contributed by atoms with van der Waals surface area (Å²) in [6, 6.07) is 0. The number of carbonyl (C=O) groups is 2. The summed E-state index contributed by atoms with van der Waals surface area (Å²) in [5.74, 6) is 1.60. The lowest BCUT2D eigenvalue weighted by Gasteiger charge is -2.52. The van der Waals surface area contributed by atoms with Crippen molar-refractivity contribution in [3.8, 4) is 0 Å². The molecule has 4 aliphatic rings. The van der Waals surface area contributed by atoms with Crippen LogP contribution in [0.5, 0.6) is 0 Å². The van der Waals surface area contributed by atoms with Gasteiger partial charge in [-0.15, -0.1) is 0 Å². The monoisotopic (exact) mass is 266 g/mol. The van der Waals surface area contributed by atoms with Crippen molar-refractivity contribution in [2.45, 2.75) is 45.6 Å². The first-order chi connectivity index (χ1) is 9.06. The maximum atomic E-state index is 12.2. The largest absolute Gasteiger partial charge is 0.438 e. The van der Waals surface area contributed by atoms with Crippen LogP contribution in [-0.2, 0) is 19.1 Å². The van der Waals surface area contributed by atoms with E-state index in [0.717, 1.165) is 25.2 Å². The molecule has 4 fully saturated rings. The molecule has 4 bridgehead atoms. The van der Waals surface area contributed by atoms with Crippen LogP contribution < -0.4 is 0 Å². The van der Waals surface area contributed by atoms with Crippen molar-refractivity contribution in [3.05, 3.63) is 0 Å². The summed E-state index contributed by atoms with van der Waals surface area (Å²) >= 11 is 0. The van der Waals surface area contributed by atoms with Gasteiger partial charge in [-0.2, -0.15) is 0 Å². The molecule has 106 valence electrons. The van der Waals surface area contributed by atoms with Crippen molar-refractivity contribution < 1.29 is 19.1 Å². The van der Waals surface area contributed by atoms with E-state index >= 15 is 0 Å². The van der Waals surface area contributed by atoms with Gasteiger partial charge in [-0.05, 0) is 37.5 Å². The quantitative estimate of drug-likeness (QED) is 0.578. The lowest BCUT2D eigenvalue weighted by molar-refractivity contribution is -0.190. The number of Topliss-reactive ketones (excluding diaryl/α,β-unsaturated/α-hetero) is 1. The van der Waals surface area contributed by atoms with Crippen molar-refractivity contribution in [3.63, 3.8) is 0 Å². The van der Waals surface area contributed by atoms with E-state index < -0.39 is 0 Å². The molecule has 0 radical (unpaired) electrons. The van der Waals surface area contributed by atoms with Crippen LogP contribution in [0.15, 0.2) is 0 Å². The Morgan fingerprint density at radius 2 is 2.05 bits per heavy atom. The third-order valence-electron chi connectivity index (χ3n) is 4.99. The van der Waals surface area contributed by atoms with Gasteiger partial charge in [0.15, 0.2) is 6.79 Å². The molecule has 4 heteroatoms. The summed E-state index contributed by atoms with van der Waals surface area (Å²) in [6.45, 7) is 3.60. The molecule has 5 unspecified atom stereocenters. The highest BCUT2D eigenvalue weighted by molar-refractivity contribution is 5.86. The van der Waals surface area contributed by atoms with Crippen molar-refractivity contribution in [1.82, 2.24) is 0 Å². The Balaban J connectivity index is 1.57. The zero-order valence-corrected chi connectivity index (χ0v) is 11.6. The molecule has 4 rings (SSSR count). The summed E-state index contributed by atoms with van der Waals surface area (Å²) in [4.78, 5) is 23.6. The highest BCUT2D eigenvalue weighted by Gasteiger charge is 2.53. The first-order valence-electron chi connectivity index (χ1n) is 7.38. The second-order valence-electron chi connectivity index (χ2n) is 6.64. The molecule has 4 nitrogen and oxygen atoms in total. The highest BCUT2D eigenvalue weighted by Crippen LogP contribution is 2.52. The zero-order valence-electron chi connectivity index (χ0n) is 11.6. The average Bonchev–Trinajstić information content (AvgIpc) is 2.37. The lowest BCUT2D eigenvalue weighted by atomic mass is 9.54. The van der Waals surface area contributed by atoms with Gasteiger partial charge >= 0.3 is 5.97 Å². The third-order valence-corrected chi connectivity index (χ3v) is 4.99. The van der Waals surface area contributed by atoms with E-state index in [0.29, 0.717) is 17.6 Å². The molecule has 0 heterocycles. The second kappa shape index (κ2) is 4.89. The van der Waals surface area contributed by atoms with Crippen molar-refractivity contribution in [2.24, 2.45) is 29.6 Å². The summed E-state index contributed by atoms with van der Waals surface area (Å²) < 4.78 is 10.8. The normalized spacial score (nSPS) is 39.9. The minimum Gasteiger partial charge on any atom is -0.438 e. The van der Waals surface area contributed by atoms with Crippen LogP contribution in [0.1, 0.15) is 39.5 Å². The highest BCUT2D eigenvalue weighted by atomic mass is 16.7. The summed E-state index contributed by atoms with van der Waals surface area (Å²) in [5, 5.41) is 0. The van der Waals surface area contributed by atoms with E-state index in [1.165, 1.54) is 6.42 Å². The van der Waals surface area contributed by atoms with Gasteiger partial charge in [-0.3, -0.25) is 9.59 Å². The molecule has 0 N–H and O–H groups in total. The molecular formula is C15H22O4. The number of hydrogen-bond donors (Lipinski definition) is 0. The fraction of sp³-hybridized carbons (Fsp3) is 0.867. The molecule has 5 atom stereocenters. The Morgan fingerprint density at radius 3 is 2.79 bits per heavy atom. The van der Waals surface area contributed by atoms with Gasteiger partial charge in [0.1, 0.15) is 5.78 Å². The molecule has 19 heavy (non-hydrogen) atoms. The Kier molecular flexibility index (Phi) is 3.37. The molecule has 0 spiro atoms. The predicted octanol–water partition coefficient (Wildman–Crippen LogP) is 2.16. The van der Waals surface area contributed by atoms with Crippen LogP contribution in [0.3, 0.4) is 0 Å². The molecule has 0 aromatic heterocycles. The van der Waals surface area contributed by atoms with Crippen molar-refractivity contribution in [2.75, 3.05) is 6.79 Å². The van der Waals surface area contributed by atoms with Crippen LogP contribution >= 0.6 is 0 Å². The number of ketones is 1. The standard InChI is InChI=1S/C15H22O4/c1-8(2)15(17)19-7-18-14-11-4-9-3-10(6-11)13(16)12(14)5-9/h8-12,14H,3-7H2,1-2H3. The van der Waals surface area contributed by atoms with Gasteiger partial charge in [0.25, 0.3) is 0 Å². The molecule has 4 saturated carbocycles. The minimum atomic E-state index is -0.241. The van der Waals surface area contributed by atoms with E-state index in [9.17, 15) is 9.59 Å². The van der Waals surface area contributed by atoms with Gasteiger partial charge in [0, 0.05) is 11.8 Å². The maximum absolute atomic E-state index is 12.2. The number of ether oxygens (including phenoxy) is 2. The molecule has 0 aliphatic heterocycles. The Morgan fingerprint density at radius 1 is 1.26 bits per heavy atom. The number of esters is 1. The Bertz CT molecular complexity index is 390. The molecular weight excluding hydrogens is 244 g/mol. The molecule has 0 aromatic carbocycles. The SMILES string of the molecule is CC(C)C(=O)OCOC1C2CC3CC(C2)C(=O)C1C3. The minimum absolute atomic E-state index is 0.00269. The molecule has 0 aromatic rings. The summed E-state index contributed by atoms with van der Waals surface area (Å²) in [6.07, 6.45) is 4.23. The summed E-state index contributed by atoms with van der Waals surface area (Å²) in [5.41, 5.74) is 0. The van der Waals surface area contributed by atoms with Crippen LogP contribution in [0.25, 0.3) is 0 Å².